The second kappa shape index (κ2) is 5.13. The maximum atomic E-state index is 12.6. The van der Waals surface area contributed by atoms with Gasteiger partial charge in [-0.2, -0.15) is 24.9 Å². The molecule has 0 bridgehead atoms. The zero-order chi connectivity index (χ0) is 13.3. The van der Waals surface area contributed by atoms with E-state index in [2.05, 4.69) is 0 Å². The molecular formula is C13H16F3NS. The SMILES string of the molecule is Cc1cc(C(F)(F)F)ccc1C(N)C1CCCS1. The monoisotopic (exact) mass is 275 g/mol. The molecule has 0 spiro atoms. The van der Waals surface area contributed by atoms with E-state index in [1.807, 2.05) is 11.8 Å². The van der Waals surface area contributed by atoms with Gasteiger partial charge in [0, 0.05) is 11.3 Å². The molecule has 18 heavy (non-hydrogen) atoms. The number of aryl methyl sites for hydroxylation is 1. The van der Waals surface area contributed by atoms with Crippen molar-refractivity contribution in [2.45, 2.75) is 37.2 Å². The van der Waals surface area contributed by atoms with Crippen LogP contribution in [-0.2, 0) is 6.18 Å². The van der Waals surface area contributed by atoms with E-state index in [1.165, 1.54) is 12.1 Å². The number of rotatable bonds is 2. The lowest BCUT2D eigenvalue weighted by atomic mass is 9.95. The topological polar surface area (TPSA) is 26.0 Å². The van der Waals surface area contributed by atoms with Crippen LogP contribution in [0.2, 0.25) is 0 Å². The van der Waals surface area contributed by atoms with Crippen LogP contribution in [0, 0.1) is 6.92 Å². The summed E-state index contributed by atoms with van der Waals surface area (Å²) in [7, 11) is 0. The van der Waals surface area contributed by atoms with Gasteiger partial charge < -0.3 is 5.73 Å². The van der Waals surface area contributed by atoms with Crippen molar-refractivity contribution in [1.82, 2.24) is 0 Å². The molecule has 2 unspecified atom stereocenters. The largest absolute Gasteiger partial charge is 0.416 e. The van der Waals surface area contributed by atoms with Gasteiger partial charge in [-0.25, -0.2) is 0 Å². The molecule has 0 amide bonds. The molecule has 2 N–H and O–H groups in total. The molecule has 0 saturated carbocycles. The number of nitrogens with two attached hydrogens (primary N) is 1. The minimum Gasteiger partial charge on any atom is -0.323 e. The van der Waals surface area contributed by atoms with Crippen molar-refractivity contribution < 1.29 is 13.2 Å². The number of benzene rings is 1. The lowest BCUT2D eigenvalue weighted by molar-refractivity contribution is -0.137. The lowest BCUT2D eigenvalue weighted by Gasteiger charge is -2.21. The van der Waals surface area contributed by atoms with Gasteiger partial charge in [-0.1, -0.05) is 6.07 Å². The van der Waals surface area contributed by atoms with Crippen LogP contribution in [-0.4, -0.2) is 11.0 Å². The molecule has 1 fully saturated rings. The molecule has 1 aliphatic rings. The molecule has 5 heteroatoms. The number of halogens is 3. The van der Waals surface area contributed by atoms with Gasteiger partial charge in [0.2, 0.25) is 0 Å². The molecule has 1 heterocycles. The molecule has 0 radical (unpaired) electrons. The van der Waals surface area contributed by atoms with E-state index in [1.54, 1.807) is 6.92 Å². The van der Waals surface area contributed by atoms with E-state index in [0.717, 1.165) is 30.2 Å². The summed E-state index contributed by atoms with van der Waals surface area (Å²) in [5.74, 6) is 1.10. The molecule has 1 aromatic rings. The summed E-state index contributed by atoms with van der Waals surface area (Å²) in [4.78, 5) is 0. The quantitative estimate of drug-likeness (QED) is 0.885. The maximum Gasteiger partial charge on any atom is 0.416 e. The van der Waals surface area contributed by atoms with Crippen molar-refractivity contribution >= 4 is 11.8 Å². The Kier molecular flexibility index (Phi) is 3.92. The van der Waals surface area contributed by atoms with Gasteiger partial charge in [0.1, 0.15) is 0 Å². The molecule has 1 nitrogen and oxygen atoms in total. The zero-order valence-corrected chi connectivity index (χ0v) is 10.9. The third kappa shape index (κ3) is 2.83. The fourth-order valence-electron chi connectivity index (χ4n) is 2.31. The van der Waals surface area contributed by atoms with Gasteiger partial charge >= 0.3 is 6.18 Å². The molecular weight excluding hydrogens is 259 g/mol. The van der Waals surface area contributed by atoms with Gasteiger partial charge in [-0.3, -0.25) is 0 Å². The lowest BCUT2D eigenvalue weighted by Crippen LogP contribution is -2.22. The average molecular weight is 275 g/mol. The summed E-state index contributed by atoms with van der Waals surface area (Å²) >= 11 is 1.82. The first kappa shape index (κ1) is 13.7. The highest BCUT2D eigenvalue weighted by molar-refractivity contribution is 8.00. The van der Waals surface area contributed by atoms with Crippen LogP contribution in [0.1, 0.15) is 35.6 Å². The Morgan fingerprint density at radius 3 is 2.61 bits per heavy atom. The van der Waals surface area contributed by atoms with Crippen molar-refractivity contribution in [2.75, 3.05) is 5.75 Å². The van der Waals surface area contributed by atoms with E-state index in [4.69, 9.17) is 5.73 Å². The number of hydrogen-bond acceptors (Lipinski definition) is 2. The van der Waals surface area contributed by atoms with Crippen molar-refractivity contribution in [1.29, 1.82) is 0 Å². The summed E-state index contributed by atoms with van der Waals surface area (Å²) in [6.45, 7) is 1.70. The molecule has 2 atom stereocenters. The third-order valence-corrected chi connectivity index (χ3v) is 4.80. The Labute approximate surface area is 109 Å². The molecule has 100 valence electrons. The van der Waals surface area contributed by atoms with Crippen molar-refractivity contribution in [3.63, 3.8) is 0 Å². The van der Waals surface area contributed by atoms with Crippen LogP contribution >= 0.6 is 11.8 Å². The number of alkyl halides is 3. The van der Waals surface area contributed by atoms with E-state index >= 15 is 0 Å². The van der Waals surface area contributed by atoms with Crippen molar-refractivity contribution in [3.05, 3.63) is 34.9 Å². The molecule has 1 saturated heterocycles. The first-order chi connectivity index (χ1) is 8.39. The standard InChI is InChI=1S/C13H16F3NS/c1-8-7-9(13(14,15)16)4-5-10(8)12(17)11-3-2-6-18-11/h4-5,7,11-12H,2-3,6,17H2,1H3. The Morgan fingerprint density at radius 2 is 2.11 bits per heavy atom. The van der Waals surface area contributed by atoms with Gasteiger partial charge in [0.15, 0.2) is 0 Å². The van der Waals surface area contributed by atoms with Gasteiger partial charge in [-0.15, -0.1) is 0 Å². The maximum absolute atomic E-state index is 12.6. The summed E-state index contributed by atoms with van der Waals surface area (Å²) < 4.78 is 37.7. The Balaban J connectivity index is 2.24. The van der Waals surface area contributed by atoms with Crippen LogP contribution in [0.15, 0.2) is 18.2 Å². The van der Waals surface area contributed by atoms with Gasteiger partial charge in [0.25, 0.3) is 0 Å². The van der Waals surface area contributed by atoms with E-state index in [9.17, 15) is 13.2 Å². The minimum absolute atomic E-state index is 0.167. The Morgan fingerprint density at radius 1 is 1.39 bits per heavy atom. The highest BCUT2D eigenvalue weighted by Gasteiger charge is 2.32. The fourth-order valence-corrected chi connectivity index (χ4v) is 3.64. The second-order valence-corrected chi connectivity index (χ2v) is 5.99. The summed E-state index contributed by atoms with van der Waals surface area (Å²) in [6.07, 6.45) is -2.09. The molecule has 0 aliphatic carbocycles. The highest BCUT2D eigenvalue weighted by Crippen LogP contribution is 2.37. The van der Waals surface area contributed by atoms with Crippen molar-refractivity contribution in [3.8, 4) is 0 Å². The first-order valence-electron chi connectivity index (χ1n) is 5.94. The predicted molar refractivity (Wildman–Crippen MR) is 68.6 cm³/mol. The summed E-state index contributed by atoms with van der Waals surface area (Å²) in [5, 5.41) is 0.334. The zero-order valence-electron chi connectivity index (χ0n) is 10.1. The van der Waals surface area contributed by atoms with Crippen molar-refractivity contribution in [2.24, 2.45) is 5.73 Å². The second-order valence-electron chi connectivity index (χ2n) is 4.65. The third-order valence-electron chi connectivity index (χ3n) is 3.32. The van der Waals surface area contributed by atoms with Crippen LogP contribution in [0.25, 0.3) is 0 Å². The number of thioether (sulfide) groups is 1. The molecule has 1 aromatic carbocycles. The summed E-state index contributed by atoms with van der Waals surface area (Å²) in [6, 6.07) is 3.68. The molecule has 1 aliphatic heterocycles. The van der Waals surface area contributed by atoms with E-state index < -0.39 is 11.7 Å². The average Bonchev–Trinajstić information content (AvgIpc) is 2.80. The number of hydrogen-bond donors (Lipinski definition) is 1. The Hall–Kier alpha value is -0.680. The first-order valence-corrected chi connectivity index (χ1v) is 6.99. The Bertz CT molecular complexity index is 425. The highest BCUT2D eigenvalue weighted by atomic mass is 32.2. The molecule has 0 aromatic heterocycles. The van der Waals surface area contributed by atoms with Crippen LogP contribution < -0.4 is 5.73 Å². The normalized spacial score (nSPS) is 22.2. The van der Waals surface area contributed by atoms with Gasteiger partial charge in [0.05, 0.1) is 5.56 Å². The summed E-state index contributed by atoms with van der Waals surface area (Å²) in [5.41, 5.74) is 7.02. The molecule has 2 rings (SSSR count). The van der Waals surface area contributed by atoms with Crippen LogP contribution in [0.4, 0.5) is 13.2 Å². The van der Waals surface area contributed by atoms with Crippen LogP contribution in [0.5, 0.6) is 0 Å². The van der Waals surface area contributed by atoms with E-state index in [0.29, 0.717) is 10.8 Å². The van der Waals surface area contributed by atoms with Gasteiger partial charge in [-0.05, 0) is 48.8 Å². The smallest absolute Gasteiger partial charge is 0.323 e. The predicted octanol–water partition coefficient (Wildman–Crippen LogP) is 3.91. The van der Waals surface area contributed by atoms with Crippen LogP contribution in [0.3, 0.4) is 0 Å². The van der Waals surface area contributed by atoms with E-state index in [-0.39, 0.29) is 6.04 Å². The fraction of sp³-hybridized carbons (Fsp3) is 0.538. The minimum atomic E-state index is -4.28.